The molecule has 0 bridgehead atoms. The molecule has 2 aromatic rings. The quantitative estimate of drug-likeness (QED) is 0.694. The molecular formula is C20H26N4. The van der Waals surface area contributed by atoms with Crippen molar-refractivity contribution < 1.29 is 0 Å². The van der Waals surface area contributed by atoms with Crippen LogP contribution in [0.15, 0.2) is 53.5 Å². The summed E-state index contributed by atoms with van der Waals surface area (Å²) in [6.07, 6.45) is 1.08. The molecule has 24 heavy (non-hydrogen) atoms. The second kappa shape index (κ2) is 7.49. The lowest BCUT2D eigenvalue weighted by Gasteiger charge is -2.22. The Kier molecular flexibility index (Phi) is 5.16. The summed E-state index contributed by atoms with van der Waals surface area (Å²) in [5, 5.41) is 3.49. The Hall–Kier alpha value is -2.33. The number of aliphatic imine (C=N–C) groups is 1. The number of nitrogens with one attached hydrogen (secondary N) is 1. The molecule has 2 aromatic carbocycles. The summed E-state index contributed by atoms with van der Waals surface area (Å²) in [6.45, 7) is 2.74. The van der Waals surface area contributed by atoms with E-state index in [2.05, 4.69) is 82.7 Å². The topological polar surface area (TPSA) is 30.9 Å². The van der Waals surface area contributed by atoms with Gasteiger partial charge in [0.2, 0.25) is 0 Å². The summed E-state index contributed by atoms with van der Waals surface area (Å²) in [5.41, 5.74) is 5.27. The first-order valence-electron chi connectivity index (χ1n) is 8.46. The van der Waals surface area contributed by atoms with Gasteiger partial charge in [0.15, 0.2) is 5.96 Å². The van der Waals surface area contributed by atoms with Crippen LogP contribution in [0.5, 0.6) is 0 Å². The van der Waals surface area contributed by atoms with E-state index in [-0.39, 0.29) is 0 Å². The second-order valence-electron chi connectivity index (χ2n) is 6.49. The number of nitrogens with zero attached hydrogens (tertiary/aromatic N) is 3. The first kappa shape index (κ1) is 16.5. The lowest BCUT2D eigenvalue weighted by atomic mass is 10.1. The molecular weight excluding hydrogens is 296 g/mol. The van der Waals surface area contributed by atoms with Gasteiger partial charge >= 0.3 is 0 Å². The van der Waals surface area contributed by atoms with Gasteiger partial charge in [0.1, 0.15) is 0 Å². The summed E-state index contributed by atoms with van der Waals surface area (Å²) in [4.78, 5) is 8.92. The largest absolute Gasteiger partial charge is 0.352 e. The van der Waals surface area contributed by atoms with Gasteiger partial charge in [-0.05, 0) is 43.3 Å². The van der Waals surface area contributed by atoms with Crippen LogP contribution in [0, 0.1) is 0 Å². The molecule has 0 aliphatic carbocycles. The Labute approximate surface area is 144 Å². The average Bonchev–Trinajstić information content (AvgIpc) is 3.01. The minimum absolute atomic E-state index is 0.785. The molecule has 0 spiro atoms. The molecule has 1 heterocycles. The number of benzene rings is 2. The number of hydrogen-bond acceptors (Lipinski definition) is 2. The maximum absolute atomic E-state index is 4.47. The van der Waals surface area contributed by atoms with Crippen molar-refractivity contribution in [1.29, 1.82) is 0 Å². The fraction of sp³-hybridized carbons (Fsp3) is 0.350. The number of guanidine groups is 1. The van der Waals surface area contributed by atoms with Gasteiger partial charge in [-0.15, -0.1) is 0 Å². The first-order chi connectivity index (χ1) is 11.7. The number of para-hydroxylation sites is 1. The summed E-state index contributed by atoms with van der Waals surface area (Å²) >= 11 is 0. The predicted molar refractivity (Wildman–Crippen MR) is 102 cm³/mol. The van der Waals surface area contributed by atoms with Crippen molar-refractivity contribution in [3.8, 4) is 0 Å². The molecule has 3 rings (SSSR count). The van der Waals surface area contributed by atoms with Gasteiger partial charge in [-0.2, -0.15) is 0 Å². The average molecular weight is 322 g/mol. The van der Waals surface area contributed by atoms with Crippen LogP contribution in [-0.2, 0) is 19.5 Å². The van der Waals surface area contributed by atoms with E-state index in [4.69, 9.17) is 0 Å². The van der Waals surface area contributed by atoms with Gasteiger partial charge in [0, 0.05) is 32.4 Å². The zero-order valence-corrected chi connectivity index (χ0v) is 14.8. The molecule has 0 saturated heterocycles. The van der Waals surface area contributed by atoms with E-state index in [0.29, 0.717) is 0 Å². The van der Waals surface area contributed by atoms with Crippen LogP contribution in [0.25, 0.3) is 0 Å². The highest BCUT2D eigenvalue weighted by molar-refractivity contribution is 5.97. The van der Waals surface area contributed by atoms with Gasteiger partial charge in [-0.1, -0.05) is 42.5 Å². The third-order valence-corrected chi connectivity index (χ3v) is 4.33. The zero-order valence-electron chi connectivity index (χ0n) is 14.8. The lowest BCUT2D eigenvalue weighted by molar-refractivity contribution is 0.402. The highest BCUT2D eigenvalue weighted by Crippen LogP contribution is 2.27. The third kappa shape index (κ3) is 3.77. The highest BCUT2D eigenvalue weighted by atomic mass is 15.3. The van der Waals surface area contributed by atoms with Crippen molar-refractivity contribution in [2.24, 2.45) is 4.99 Å². The Balaban J connectivity index is 1.63. The molecule has 0 atom stereocenters. The molecule has 126 valence electrons. The van der Waals surface area contributed by atoms with Gasteiger partial charge in [-0.25, -0.2) is 0 Å². The van der Waals surface area contributed by atoms with E-state index >= 15 is 0 Å². The van der Waals surface area contributed by atoms with E-state index in [1.165, 1.54) is 22.4 Å². The van der Waals surface area contributed by atoms with Gasteiger partial charge < -0.3 is 15.1 Å². The maximum atomic E-state index is 4.47. The van der Waals surface area contributed by atoms with Crippen LogP contribution in [0.2, 0.25) is 0 Å². The number of fused-ring (bicyclic) bond motifs is 1. The van der Waals surface area contributed by atoms with Crippen LogP contribution in [-0.4, -0.2) is 38.5 Å². The SMILES string of the molecule is CN=C(NCc1ccc(CN(C)C)cc1)N1CCc2ccccc21. The lowest BCUT2D eigenvalue weighted by Crippen LogP contribution is -2.40. The highest BCUT2D eigenvalue weighted by Gasteiger charge is 2.22. The van der Waals surface area contributed by atoms with E-state index in [1.807, 2.05) is 7.05 Å². The number of anilines is 1. The Bertz CT molecular complexity index is 704. The molecule has 0 radical (unpaired) electrons. The van der Waals surface area contributed by atoms with Crippen LogP contribution < -0.4 is 10.2 Å². The minimum atomic E-state index is 0.785. The summed E-state index contributed by atoms with van der Waals surface area (Å²) in [6, 6.07) is 17.4. The van der Waals surface area contributed by atoms with Gasteiger partial charge in [-0.3, -0.25) is 4.99 Å². The fourth-order valence-electron chi connectivity index (χ4n) is 3.16. The molecule has 4 nitrogen and oxygen atoms in total. The van der Waals surface area contributed by atoms with E-state index in [0.717, 1.165) is 32.0 Å². The van der Waals surface area contributed by atoms with E-state index in [1.54, 1.807) is 0 Å². The number of hydrogen-bond donors (Lipinski definition) is 1. The normalized spacial score (nSPS) is 14.2. The zero-order chi connectivity index (χ0) is 16.9. The summed E-state index contributed by atoms with van der Waals surface area (Å²) in [5.74, 6) is 0.942. The molecule has 4 heteroatoms. The first-order valence-corrected chi connectivity index (χ1v) is 8.46. The molecule has 1 aliphatic rings. The Morgan fingerprint density at radius 1 is 1.08 bits per heavy atom. The number of rotatable bonds is 4. The maximum Gasteiger partial charge on any atom is 0.198 e. The summed E-state index contributed by atoms with van der Waals surface area (Å²) in [7, 11) is 6.03. The summed E-state index contributed by atoms with van der Waals surface area (Å²) < 4.78 is 0. The van der Waals surface area contributed by atoms with E-state index < -0.39 is 0 Å². The van der Waals surface area contributed by atoms with Crippen molar-refractivity contribution in [2.45, 2.75) is 19.5 Å². The smallest absolute Gasteiger partial charge is 0.198 e. The molecule has 0 unspecified atom stereocenters. The Morgan fingerprint density at radius 3 is 2.50 bits per heavy atom. The van der Waals surface area contributed by atoms with Crippen LogP contribution in [0.3, 0.4) is 0 Å². The second-order valence-corrected chi connectivity index (χ2v) is 6.49. The third-order valence-electron chi connectivity index (χ3n) is 4.33. The van der Waals surface area contributed by atoms with Crippen molar-refractivity contribution >= 4 is 11.6 Å². The predicted octanol–water partition coefficient (Wildman–Crippen LogP) is 2.89. The van der Waals surface area contributed by atoms with Crippen molar-refractivity contribution in [3.63, 3.8) is 0 Å². The van der Waals surface area contributed by atoms with E-state index in [9.17, 15) is 0 Å². The van der Waals surface area contributed by atoms with Crippen molar-refractivity contribution in [3.05, 3.63) is 65.2 Å². The van der Waals surface area contributed by atoms with Crippen LogP contribution in [0.4, 0.5) is 5.69 Å². The standard InChI is InChI=1S/C20H26N4/c1-21-20(24-13-12-18-6-4-5-7-19(18)24)22-14-16-8-10-17(11-9-16)15-23(2)3/h4-11H,12-15H2,1-3H3,(H,21,22). The molecule has 0 aromatic heterocycles. The molecule has 1 N–H and O–H groups in total. The monoisotopic (exact) mass is 322 g/mol. The van der Waals surface area contributed by atoms with Crippen LogP contribution >= 0.6 is 0 Å². The molecule has 1 aliphatic heterocycles. The van der Waals surface area contributed by atoms with Gasteiger partial charge in [0.25, 0.3) is 0 Å². The molecule has 0 amide bonds. The molecule has 0 saturated carbocycles. The minimum Gasteiger partial charge on any atom is -0.352 e. The van der Waals surface area contributed by atoms with Crippen LogP contribution in [0.1, 0.15) is 16.7 Å². The Morgan fingerprint density at radius 2 is 1.79 bits per heavy atom. The van der Waals surface area contributed by atoms with Gasteiger partial charge in [0.05, 0.1) is 0 Å². The van der Waals surface area contributed by atoms with Crippen molar-refractivity contribution in [1.82, 2.24) is 10.2 Å². The van der Waals surface area contributed by atoms with Crippen molar-refractivity contribution in [2.75, 3.05) is 32.6 Å². The fourth-order valence-corrected chi connectivity index (χ4v) is 3.16. The molecule has 0 fully saturated rings.